The SMILES string of the molecule is COc1ccc(C[C@@H]2[C@H](O)[C@@H](OCc3ccccc3)C[N+]2(Cc2ccccc2)Cc2ccccc2)cc1. The molecular weight excluding hydrogens is 458 g/mol. The third-order valence-corrected chi connectivity index (χ3v) is 7.61. The topological polar surface area (TPSA) is 38.7 Å². The van der Waals surface area contributed by atoms with E-state index < -0.39 is 6.10 Å². The van der Waals surface area contributed by atoms with Gasteiger partial charge in [0, 0.05) is 17.5 Å². The van der Waals surface area contributed by atoms with Crippen molar-refractivity contribution >= 4 is 0 Å². The number of methoxy groups -OCH3 is 1. The number of likely N-dealkylation sites (tertiary alicyclic amines) is 1. The van der Waals surface area contributed by atoms with Crippen molar-refractivity contribution in [3.8, 4) is 5.75 Å². The maximum absolute atomic E-state index is 11.8. The molecule has 4 nitrogen and oxygen atoms in total. The maximum atomic E-state index is 11.8. The Labute approximate surface area is 220 Å². The maximum Gasteiger partial charge on any atom is 0.138 e. The highest BCUT2D eigenvalue weighted by Gasteiger charge is 2.53. The van der Waals surface area contributed by atoms with Gasteiger partial charge < -0.3 is 19.1 Å². The average molecular weight is 495 g/mol. The van der Waals surface area contributed by atoms with Crippen molar-refractivity contribution in [1.82, 2.24) is 0 Å². The van der Waals surface area contributed by atoms with Gasteiger partial charge in [-0.2, -0.15) is 0 Å². The zero-order valence-electron chi connectivity index (χ0n) is 21.4. The van der Waals surface area contributed by atoms with Gasteiger partial charge in [0.15, 0.2) is 0 Å². The molecule has 0 spiro atoms. The van der Waals surface area contributed by atoms with Gasteiger partial charge in [-0.3, -0.25) is 0 Å². The summed E-state index contributed by atoms with van der Waals surface area (Å²) in [6, 6.07) is 39.7. The number of hydrogen-bond donors (Lipinski definition) is 1. The molecule has 3 atom stereocenters. The number of ether oxygens (including phenoxy) is 2. The fourth-order valence-corrected chi connectivity index (χ4v) is 5.73. The molecule has 1 heterocycles. The zero-order valence-corrected chi connectivity index (χ0v) is 21.4. The van der Waals surface area contributed by atoms with Crippen molar-refractivity contribution < 1.29 is 19.1 Å². The summed E-state index contributed by atoms with van der Waals surface area (Å²) < 4.78 is 12.6. The summed E-state index contributed by atoms with van der Waals surface area (Å²) in [5.74, 6) is 0.842. The minimum Gasteiger partial charge on any atom is -0.497 e. The second-order valence-corrected chi connectivity index (χ2v) is 10.1. The van der Waals surface area contributed by atoms with Crippen LogP contribution in [0.3, 0.4) is 0 Å². The first-order valence-electron chi connectivity index (χ1n) is 13.1. The van der Waals surface area contributed by atoms with E-state index >= 15 is 0 Å². The average Bonchev–Trinajstić information content (AvgIpc) is 3.19. The van der Waals surface area contributed by atoms with E-state index in [1.54, 1.807) is 7.11 Å². The fraction of sp³-hybridized carbons (Fsp3) is 0.273. The molecule has 4 heteroatoms. The Morgan fingerprint density at radius 1 is 0.676 bits per heavy atom. The van der Waals surface area contributed by atoms with E-state index in [0.717, 1.165) is 41.9 Å². The van der Waals surface area contributed by atoms with E-state index in [0.29, 0.717) is 6.61 Å². The van der Waals surface area contributed by atoms with Crippen molar-refractivity contribution in [1.29, 1.82) is 0 Å². The predicted octanol–water partition coefficient (Wildman–Crippen LogP) is 5.78. The summed E-state index contributed by atoms with van der Waals surface area (Å²) >= 11 is 0. The summed E-state index contributed by atoms with van der Waals surface area (Å²) in [5.41, 5.74) is 4.86. The van der Waals surface area contributed by atoms with Crippen LogP contribution in [0.1, 0.15) is 22.3 Å². The van der Waals surface area contributed by atoms with E-state index in [-0.39, 0.29) is 12.1 Å². The van der Waals surface area contributed by atoms with Crippen LogP contribution in [-0.4, -0.2) is 41.5 Å². The molecule has 0 saturated carbocycles. The van der Waals surface area contributed by atoms with Gasteiger partial charge in [-0.25, -0.2) is 0 Å². The molecule has 37 heavy (non-hydrogen) atoms. The van der Waals surface area contributed by atoms with Crippen molar-refractivity contribution in [3.63, 3.8) is 0 Å². The highest BCUT2D eigenvalue weighted by Crippen LogP contribution is 2.37. The Balaban J connectivity index is 1.49. The van der Waals surface area contributed by atoms with E-state index in [2.05, 4.69) is 84.9 Å². The lowest BCUT2D eigenvalue weighted by Crippen LogP contribution is -2.53. The van der Waals surface area contributed by atoms with E-state index in [1.807, 2.05) is 30.3 Å². The van der Waals surface area contributed by atoms with Gasteiger partial charge in [-0.05, 0) is 23.3 Å². The van der Waals surface area contributed by atoms with Gasteiger partial charge in [0.25, 0.3) is 0 Å². The molecule has 4 aromatic carbocycles. The molecule has 0 radical (unpaired) electrons. The molecule has 1 fully saturated rings. The first kappa shape index (κ1) is 25.2. The highest BCUT2D eigenvalue weighted by molar-refractivity contribution is 5.28. The molecule has 0 aromatic heterocycles. The van der Waals surface area contributed by atoms with Gasteiger partial charge in [-0.1, -0.05) is 103 Å². The highest BCUT2D eigenvalue weighted by atomic mass is 16.5. The summed E-state index contributed by atoms with van der Waals surface area (Å²) in [4.78, 5) is 0. The number of benzene rings is 4. The fourth-order valence-electron chi connectivity index (χ4n) is 5.73. The van der Waals surface area contributed by atoms with Gasteiger partial charge in [0.2, 0.25) is 0 Å². The van der Waals surface area contributed by atoms with Gasteiger partial charge >= 0.3 is 0 Å². The molecular formula is C33H36NO3+. The zero-order chi connectivity index (χ0) is 25.5. The van der Waals surface area contributed by atoms with Gasteiger partial charge in [0.05, 0.1) is 13.7 Å². The van der Waals surface area contributed by atoms with Gasteiger partial charge in [0.1, 0.15) is 43.6 Å². The summed E-state index contributed by atoms with van der Waals surface area (Å²) in [6.07, 6.45) is -0.0788. The Bertz CT molecular complexity index is 1190. The molecule has 190 valence electrons. The van der Waals surface area contributed by atoms with E-state index in [4.69, 9.17) is 9.47 Å². The van der Waals surface area contributed by atoms with E-state index in [9.17, 15) is 5.11 Å². The number of hydrogen-bond acceptors (Lipinski definition) is 3. The summed E-state index contributed by atoms with van der Waals surface area (Å²) in [5, 5.41) is 11.8. The molecule has 1 aliphatic rings. The molecule has 4 aromatic rings. The summed E-state index contributed by atoms with van der Waals surface area (Å²) in [6.45, 7) is 2.91. The lowest BCUT2D eigenvalue weighted by molar-refractivity contribution is -0.966. The number of aliphatic hydroxyl groups excluding tert-OH is 1. The quantitative estimate of drug-likeness (QED) is 0.284. The van der Waals surface area contributed by atoms with Crippen LogP contribution in [0.5, 0.6) is 5.75 Å². The minimum absolute atomic E-state index is 0.0189. The number of rotatable bonds is 10. The van der Waals surface area contributed by atoms with Crippen LogP contribution < -0.4 is 4.74 Å². The summed E-state index contributed by atoms with van der Waals surface area (Å²) in [7, 11) is 1.69. The molecule has 1 N–H and O–H groups in total. The lowest BCUT2D eigenvalue weighted by Gasteiger charge is -2.41. The molecule has 1 saturated heterocycles. The molecule has 0 bridgehead atoms. The van der Waals surface area contributed by atoms with Crippen LogP contribution in [0.25, 0.3) is 0 Å². The van der Waals surface area contributed by atoms with Crippen molar-refractivity contribution in [2.24, 2.45) is 0 Å². The van der Waals surface area contributed by atoms with Crippen LogP contribution in [0.4, 0.5) is 0 Å². The first-order valence-corrected chi connectivity index (χ1v) is 13.1. The lowest BCUT2D eigenvalue weighted by atomic mass is 9.98. The molecule has 5 rings (SSSR count). The van der Waals surface area contributed by atoms with Crippen molar-refractivity contribution in [3.05, 3.63) is 138 Å². The Morgan fingerprint density at radius 3 is 1.70 bits per heavy atom. The second-order valence-electron chi connectivity index (χ2n) is 10.1. The van der Waals surface area contributed by atoms with Crippen LogP contribution in [-0.2, 0) is 30.9 Å². The standard InChI is InChI=1S/C33H36NO3/c1-36-30-19-17-26(18-20-30)21-31-33(35)32(37-25-29-15-9-4-10-16-29)24-34(31,22-27-11-5-2-6-12-27)23-28-13-7-3-8-14-28/h2-20,31-33,35H,21-25H2,1H3/q+1/t31-,32+,33+/m1/s1. The van der Waals surface area contributed by atoms with Crippen LogP contribution in [0.15, 0.2) is 115 Å². The minimum atomic E-state index is -0.585. The molecule has 0 unspecified atom stereocenters. The Kier molecular flexibility index (Phi) is 8.00. The normalized spacial score (nSPS) is 20.5. The molecule has 0 amide bonds. The van der Waals surface area contributed by atoms with Crippen LogP contribution in [0.2, 0.25) is 0 Å². The first-order chi connectivity index (χ1) is 18.1. The third kappa shape index (κ3) is 6.11. The monoisotopic (exact) mass is 494 g/mol. The third-order valence-electron chi connectivity index (χ3n) is 7.61. The van der Waals surface area contributed by atoms with Crippen molar-refractivity contribution in [2.75, 3.05) is 13.7 Å². The molecule has 1 aliphatic heterocycles. The second kappa shape index (κ2) is 11.7. The van der Waals surface area contributed by atoms with Crippen molar-refractivity contribution in [2.45, 2.75) is 44.4 Å². The number of nitrogens with zero attached hydrogens (tertiary/aromatic N) is 1. The van der Waals surface area contributed by atoms with Gasteiger partial charge in [-0.15, -0.1) is 0 Å². The van der Waals surface area contributed by atoms with Crippen LogP contribution in [0, 0.1) is 0 Å². The largest absolute Gasteiger partial charge is 0.497 e. The van der Waals surface area contributed by atoms with Crippen LogP contribution >= 0.6 is 0 Å². The Morgan fingerprint density at radius 2 is 1.19 bits per heavy atom. The number of quaternary nitrogens is 1. The number of aliphatic hydroxyl groups is 1. The van der Waals surface area contributed by atoms with E-state index in [1.165, 1.54) is 16.7 Å². The Hall–Kier alpha value is -3.44. The molecule has 0 aliphatic carbocycles. The predicted molar refractivity (Wildman–Crippen MR) is 147 cm³/mol. The smallest absolute Gasteiger partial charge is 0.138 e.